The quantitative estimate of drug-likeness (QED) is 0.874. The van der Waals surface area contributed by atoms with Crippen molar-refractivity contribution in [1.82, 2.24) is 10.2 Å². The summed E-state index contributed by atoms with van der Waals surface area (Å²) in [7, 11) is 0. The van der Waals surface area contributed by atoms with Gasteiger partial charge in [-0.05, 0) is 44.5 Å². The second-order valence-electron chi connectivity index (χ2n) is 5.85. The van der Waals surface area contributed by atoms with Gasteiger partial charge in [-0.3, -0.25) is 0 Å². The van der Waals surface area contributed by atoms with Crippen LogP contribution < -0.4 is 10.1 Å². The van der Waals surface area contributed by atoms with Gasteiger partial charge in [0.2, 0.25) is 0 Å². The summed E-state index contributed by atoms with van der Waals surface area (Å²) in [6.45, 7) is 5.15. The molecule has 1 heterocycles. The number of aliphatic hydroxyl groups is 1. The van der Waals surface area contributed by atoms with Crippen LogP contribution in [0.2, 0.25) is 0 Å². The van der Waals surface area contributed by atoms with E-state index in [-0.39, 0.29) is 23.8 Å². The molecule has 22 heavy (non-hydrogen) atoms. The van der Waals surface area contributed by atoms with Crippen LogP contribution >= 0.6 is 0 Å². The van der Waals surface area contributed by atoms with Crippen LogP contribution in [0.25, 0.3) is 0 Å². The first-order valence-corrected chi connectivity index (χ1v) is 7.57. The minimum absolute atomic E-state index is 0.140. The molecular weight excluding hydrogens is 287 g/mol. The number of rotatable bonds is 5. The lowest BCUT2D eigenvalue weighted by molar-refractivity contribution is 0.128. The van der Waals surface area contributed by atoms with E-state index in [0.29, 0.717) is 25.4 Å². The van der Waals surface area contributed by atoms with Gasteiger partial charge in [0, 0.05) is 19.0 Å². The number of halogens is 1. The van der Waals surface area contributed by atoms with Crippen molar-refractivity contribution in [1.29, 1.82) is 0 Å². The van der Waals surface area contributed by atoms with Crippen molar-refractivity contribution in [2.45, 2.75) is 32.4 Å². The van der Waals surface area contributed by atoms with Crippen LogP contribution in [0.1, 0.15) is 20.3 Å². The molecule has 3 atom stereocenters. The molecule has 0 bridgehead atoms. The van der Waals surface area contributed by atoms with Gasteiger partial charge in [0.25, 0.3) is 0 Å². The van der Waals surface area contributed by atoms with Crippen LogP contribution in [-0.4, -0.2) is 47.9 Å². The summed E-state index contributed by atoms with van der Waals surface area (Å²) in [6, 6.07) is 5.47. The van der Waals surface area contributed by atoms with Gasteiger partial charge >= 0.3 is 6.03 Å². The summed E-state index contributed by atoms with van der Waals surface area (Å²) in [4.78, 5) is 13.8. The van der Waals surface area contributed by atoms with Gasteiger partial charge in [0.05, 0.1) is 12.1 Å². The Hall–Kier alpha value is -1.82. The smallest absolute Gasteiger partial charge is 0.317 e. The largest absolute Gasteiger partial charge is 0.491 e. The first-order chi connectivity index (χ1) is 10.5. The number of amides is 2. The summed E-state index contributed by atoms with van der Waals surface area (Å²) in [5, 5.41) is 12.4. The lowest BCUT2D eigenvalue weighted by Gasteiger charge is -2.21. The molecular formula is C16H23FN2O3. The van der Waals surface area contributed by atoms with Crippen LogP contribution in [0.15, 0.2) is 24.3 Å². The molecule has 122 valence electrons. The van der Waals surface area contributed by atoms with E-state index in [1.165, 1.54) is 12.1 Å². The number of likely N-dealkylation sites (tertiary alicyclic amines) is 1. The third-order valence-electron chi connectivity index (χ3n) is 3.88. The van der Waals surface area contributed by atoms with Gasteiger partial charge in [-0.1, -0.05) is 0 Å². The Kier molecular flexibility index (Phi) is 5.60. The third-order valence-corrected chi connectivity index (χ3v) is 3.88. The molecule has 0 aliphatic carbocycles. The fraction of sp³-hybridized carbons (Fsp3) is 0.562. The van der Waals surface area contributed by atoms with E-state index in [4.69, 9.17) is 4.74 Å². The van der Waals surface area contributed by atoms with Crippen molar-refractivity contribution in [2.24, 2.45) is 5.92 Å². The first kappa shape index (κ1) is 16.5. The standard InChI is InChI=1S/C16H23FN2O3/c1-11(10-22-15-5-3-14(17)4-6-15)18-16(21)19-8-7-13(9-19)12(2)20/h3-6,11-13,20H,7-10H2,1-2H3,(H,18,21). The van der Waals surface area contributed by atoms with E-state index < -0.39 is 6.10 Å². The van der Waals surface area contributed by atoms with E-state index in [2.05, 4.69) is 5.32 Å². The van der Waals surface area contributed by atoms with Gasteiger partial charge in [0.1, 0.15) is 18.2 Å². The normalized spacial score (nSPS) is 20.5. The molecule has 1 aromatic carbocycles. The Morgan fingerprint density at radius 3 is 2.73 bits per heavy atom. The van der Waals surface area contributed by atoms with Crippen molar-refractivity contribution >= 4 is 6.03 Å². The van der Waals surface area contributed by atoms with E-state index in [1.54, 1.807) is 24.0 Å². The summed E-state index contributed by atoms with van der Waals surface area (Å²) in [5.41, 5.74) is 0. The van der Waals surface area contributed by atoms with Crippen molar-refractivity contribution < 1.29 is 19.0 Å². The van der Waals surface area contributed by atoms with Crippen LogP contribution in [0.3, 0.4) is 0 Å². The van der Waals surface area contributed by atoms with Crippen molar-refractivity contribution in [3.63, 3.8) is 0 Å². The first-order valence-electron chi connectivity index (χ1n) is 7.57. The number of ether oxygens (including phenoxy) is 1. The number of nitrogens with zero attached hydrogens (tertiary/aromatic N) is 1. The van der Waals surface area contributed by atoms with E-state index in [9.17, 15) is 14.3 Å². The van der Waals surface area contributed by atoms with E-state index in [0.717, 1.165) is 6.42 Å². The zero-order valence-electron chi connectivity index (χ0n) is 13.0. The number of benzene rings is 1. The average Bonchev–Trinajstić information content (AvgIpc) is 2.97. The number of nitrogens with one attached hydrogen (secondary N) is 1. The topological polar surface area (TPSA) is 61.8 Å². The maximum Gasteiger partial charge on any atom is 0.317 e. The molecule has 0 spiro atoms. The zero-order valence-corrected chi connectivity index (χ0v) is 13.0. The van der Waals surface area contributed by atoms with Crippen LogP contribution in [-0.2, 0) is 0 Å². The molecule has 2 N–H and O–H groups in total. The fourth-order valence-corrected chi connectivity index (χ4v) is 2.46. The highest BCUT2D eigenvalue weighted by atomic mass is 19.1. The monoisotopic (exact) mass is 310 g/mol. The SMILES string of the molecule is CC(COc1ccc(F)cc1)NC(=O)N1CCC(C(C)O)C1. The Morgan fingerprint density at radius 2 is 2.14 bits per heavy atom. The third kappa shape index (κ3) is 4.59. The van der Waals surface area contributed by atoms with Gasteiger partial charge < -0.3 is 20.1 Å². The summed E-state index contributed by atoms with van der Waals surface area (Å²) in [6.07, 6.45) is 0.433. The number of hydrogen-bond donors (Lipinski definition) is 2. The van der Waals surface area contributed by atoms with Gasteiger partial charge in [-0.2, -0.15) is 0 Å². The molecule has 2 rings (SSSR count). The molecule has 3 unspecified atom stereocenters. The van der Waals surface area contributed by atoms with Crippen LogP contribution in [0.5, 0.6) is 5.75 Å². The minimum Gasteiger partial charge on any atom is -0.491 e. The molecule has 1 saturated heterocycles. The number of aliphatic hydroxyl groups excluding tert-OH is 1. The van der Waals surface area contributed by atoms with E-state index in [1.807, 2.05) is 6.92 Å². The molecule has 5 nitrogen and oxygen atoms in total. The van der Waals surface area contributed by atoms with Crippen molar-refractivity contribution in [2.75, 3.05) is 19.7 Å². The van der Waals surface area contributed by atoms with E-state index >= 15 is 0 Å². The Morgan fingerprint density at radius 1 is 1.45 bits per heavy atom. The van der Waals surface area contributed by atoms with Gasteiger partial charge in [-0.25, -0.2) is 9.18 Å². The molecule has 0 radical (unpaired) electrons. The molecule has 1 aliphatic heterocycles. The molecule has 2 amide bonds. The fourth-order valence-electron chi connectivity index (χ4n) is 2.46. The van der Waals surface area contributed by atoms with Gasteiger partial charge in [-0.15, -0.1) is 0 Å². The molecule has 1 aliphatic rings. The lowest BCUT2D eigenvalue weighted by Crippen LogP contribution is -2.45. The van der Waals surface area contributed by atoms with Gasteiger partial charge in [0.15, 0.2) is 0 Å². The second kappa shape index (κ2) is 7.45. The maximum absolute atomic E-state index is 12.8. The van der Waals surface area contributed by atoms with Crippen LogP contribution in [0, 0.1) is 11.7 Å². The minimum atomic E-state index is -0.392. The van der Waals surface area contributed by atoms with Crippen molar-refractivity contribution in [3.05, 3.63) is 30.1 Å². The zero-order chi connectivity index (χ0) is 16.1. The van der Waals surface area contributed by atoms with Crippen molar-refractivity contribution in [3.8, 4) is 5.75 Å². The predicted molar refractivity (Wildman–Crippen MR) is 81.2 cm³/mol. The predicted octanol–water partition coefficient (Wildman–Crippen LogP) is 2.01. The number of urea groups is 1. The summed E-state index contributed by atoms with van der Waals surface area (Å²) >= 11 is 0. The Labute approximate surface area is 130 Å². The second-order valence-corrected chi connectivity index (χ2v) is 5.85. The molecule has 1 fully saturated rings. The molecule has 1 aromatic rings. The summed E-state index contributed by atoms with van der Waals surface area (Å²) in [5.74, 6) is 0.407. The average molecular weight is 310 g/mol. The van der Waals surface area contributed by atoms with Crippen LogP contribution in [0.4, 0.5) is 9.18 Å². The number of hydrogen-bond acceptors (Lipinski definition) is 3. The lowest BCUT2D eigenvalue weighted by atomic mass is 10.0. The molecule has 6 heteroatoms. The highest BCUT2D eigenvalue weighted by Crippen LogP contribution is 2.19. The highest BCUT2D eigenvalue weighted by Gasteiger charge is 2.29. The number of carbonyl (C=O) groups excluding carboxylic acids is 1. The number of carbonyl (C=O) groups is 1. The molecule has 0 saturated carbocycles. The Balaban J connectivity index is 1.73. The maximum atomic E-state index is 12.8. The molecule has 0 aromatic heterocycles. The Bertz CT molecular complexity index is 493. The summed E-state index contributed by atoms with van der Waals surface area (Å²) < 4.78 is 18.3. The highest BCUT2D eigenvalue weighted by molar-refractivity contribution is 5.74.